The largest absolute Gasteiger partial charge is 0.479 e. The molecule has 0 bridgehead atoms. The number of carboxylic acid groups (broad SMARTS) is 1. The van der Waals surface area contributed by atoms with E-state index in [1.54, 1.807) is 0 Å². The fourth-order valence-corrected chi connectivity index (χ4v) is 1.19. The molecule has 1 unspecified atom stereocenters. The molecule has 1 amide bonds. The molecule has 6 heteroatoms. The molecule has 1 aliphatic heterocycles. The van der Waals surface area contributed by atoms with Gasteiger partial charge >= 0.3 is 5.97 Å². The number of amides is 1. The number of hydrogen-bond acceptors (Lipinski definition) is 4. The lowest BCUT2D eigenvalue weighted by atomic mass is 10.2. The van der Waals surface area contributed by atoms with Crippen LogP contribution in [0.2, 0.25) is 0 Å². The zero-order valence-electron chi connectivity index (χ0n) is 7.68. The maximum atomic E-state index is 11.4. The zero-order valence-corrected chi connectivity index (χ0v) is 7.68. The van der Waals surface area contributed by atoms with Crippen molar-refractivity contribution in [2.75, 3.05) is 26.3 Å². The molecule has 1 aliphatic rings. The summed E-state index contributed by atoms with van der Waals surface area (Å²) < 4.78 is 5.03. The third-order valence-corrected chi connectivity index (χ3v) is 2.02. The number of carbonyl (C=O) groups excluding carboxylic acids is 1. The Bertz CT molecular complexity index is 224. The number of aliphatic carboxylic acids is 1. The number of nitrogens with zero attached hydrogens (tertiary/aromatic N) is 1. The van der Waals surface area contributed by atoms with Gasteiger partial charge in [-0.2, -0.15) is 0 Å². The SMILES string of the molecule is O=C(O)C(O)CC(=O)N1CCOCC1. The first-order chi connectivity index (χ1) is 6.61. The van der Waals surface area contributed by atoms with Crippen LogP contribution in [0, 0.1) is 0 Å². The summed E-state index contributed by atoms with van der Waals surface area (Å²) in [7, 11) is 0. The lowest BCUT2D eigenvalue weighted by Crippen LogP contribution is -2.42. The second-order valence-corrected chi connectivity index (χ2v) is 3.05. The molecule has 1 fully saturated rings. The number of carbonyl (C=O) groups is 2. The van der Waals surface area contributed by atoms with E-state index in [2.05, 4.69) is 0 Å². The topological polar surface area (TPSA) is 87.1 Å². The van der Waals surface area contributed by atoms with Gasteiger partial charge in [-0.05, 0) is 0 Å². The summed E-state index contributed by atoms with van der Waals surface area (Å²) in [6, 6.07) is 0. The van der Waals surface area contributed by atoms with Crippen molar-refractivity contribution in [3.8, 4) is 0 Å². The van der Waals surface area contributed by atoms with E-state index in [0.29, 0.717) is 26.3 Å². The third-order valence-electron chi connectivity index (χ3n) is 2.02. The Balaban J connectivity index is 2.36. The molecule has 1 atom stereocenters. The van der Waals surface area contributed by atoms with Crippen molar-refractivity contribution < 1.29 is 24.5 Å². The minimum Gasteiger partial charge on any atom is -0.479 e. The molecule has 1 saturated heterocycles. The summed E-state index contributed by atoms with van der Waals surface area (Å²) in [5.74, 6) is -1.71. The Kier molecular flexibility index (Phi) is 3.84. The highest BCUT2D eigenvalue weighted by Crippen LogP contribution is 2.02. The van der Waals surface area contributed by atoms with E-state index in [-0.39, 0.29) is 12.3 Å². The van der Waals surface area contributed by atoms with Gasteiger partial charge in [0.25, 0.3) is 0 Å². The monoisotopic (exact) mass is 203 g/mol. The van der Waals surface area contributed by atoms with E-state index in [4.69, 9.17) is 14.9 Å². The smallest absolute Gasteiger partial charge is 0.333 e. The van der Waals surface area contributed by atoms with Gasteiger partial charge in [0, 0.05) is 13.1 Å². The van der Waals surface area contributed by atoms with Crippen molar-refractivity contribution in [1.82, 2.24) is 4.90 Å². The molecule has 0 aromatic rings. The summed E-state index contributed by atoms with van der Waals surface area (Å²) in [6.07, 6.45) is -1.97. The van der Waals surface area contributed by atoms with Gasteiger partial charge in [-0.15, -0.1) is 0 Å². The van der Waals surface area contributed by atoms with Crippen molar-refractivity contribution in [1.29, 1.82) is 0 Å². The molecule has 0 saturated carbocycles. The van der Waals surface area contributed by atoms with Crippen molar-refractivity contribution in [3.05, 3.63) is 0 Å². The zero-order chi connectivity index (χ0) is 10.6. The molecule has 6 nitrogen and oxygen atoms in total. The third kappa shape index (κ3) is 2.97. The predicted octanol–water partition coefficient (Wildman–Crippen LogP) is -1.32. The Labute approximate surface area is 81.1 Å². The lowest BCUT2D eigenvalue weighted by Gasteiger charge is -2.27. The van der Waals surface area contributed by atoms with Crippen molar-refractivity contribution in [2.45, 2.75) is 12.5 Å². The van der Waals surface area contributed by atoms with Gasteiger partial charge in [0.15, 0.2) is 6.10 Å². The van der Waals surface area contributed by atoms with Crippen LogP contribution in [0.1, 0.15) is 6.42 Å². The van der Waals surface area contributed by atoms with E-state index in [9.17, 15) is 9.59 Å². The Morgan fingerprint density at radius 1 is 1.36 bits per heavy atom. The van der Waals surface area contributed by atoms with E-state index in [1.807, 2.05) is 0 Å². The number of aliphatic hydroxyl groups is 1. The van der Waals surface area contributed by atoms with Crippen LogP contribution >= 0.6 is 0 Å². The fraction of sp³-hybridized carbons (Fsp3) is 0.750. The highest BCUT2D eigenvalue weighted by atomic mass is 16.5. The summed E-state index contributed by atoms with van der Waals surface area (Å²) in [5, 5.41) is 17.3. The average molecular weight is 203 g/mol. The van der Waals surface area contributed by atoms with Gasteiger partial charge in [-0.3, -0.25) is 4.79 Å². The van der Waals surface area contributed by atoms with Crippen LogP contribution in [0.5, 0.6) is 0 Å². The van der Waals surface area contributed by atoms with Gasteiger partial charge in [-0.1, -0.05) is 0 Å². The maximum absolute atomic E-state index is 11.4. The first-order valence-corrected chi connectivity index (χ1v) is 4.37. The Morgan fingerprint density at radius 2 is 1.93 bits per heavy atom. The minimum atomic E-state index is -1.61. The molecule has 0 spiro atoms. The number of hydrogen-bond donors (Lipinski definition) is 2. The number of carboxylic acids is 1. The summed E-state index contributed by atoms with van der Waals surface area (Å²) >= 11 is 0. The molecule has 0 aromatic heterocycles. The number of rotatable bonds is 3. The molecular weight excluding hydrogens is 190 g/mol. The van der Waals surface area contributed by atoms with Crippen LogP contribution in [-0.4, -0.2) is 59.4 Å². The van der Waals surface area contributed by atoms with Crippen molar-refractivity contribution >= 4 is 11.9 Å². The fourth-order valence-electron chi connectivity index (χ4n) is 1.19. The number of morpholine rings is 1. The molecule has 1 rings (SSSR count). The predicted molar refractivity (Wildman–Crippen MR) is 45.7 cm³/mol. The van der Waals surface area contributed by atoms with E-state index < -0.39 is 12.1 Å². The van der Waals surface area contributed by atoms with Crippen LogP contribution in [0.4, 0.5) is 0 Å². The van der Waals surface area contributed by atoms with E-state index >= 15 is 0 Å². The maximum Gasteiger partial charge on any atom is 0.333 e. The molecule has 0 aliphatic carbocycles. The van der Waals surface area contributed by atoms with Crippen LogP contribution in [0.25, 0.3) is 0 Å². The number of aliphatic hydroxyl groups excluding tert-OH is 1. The summed E-state index contributed by atoms with van der Waals surface area (Å²) in [5.41, 5.74) is 0. The second kappa shape index (κ2) is 4.92. The van der Waals surface area contributed by atoms with Gasteiger partial charge < -0.3 is 19.8 Å². The molecule has 80 valence electrons. The summed E-state index contributed by atoms with van der Waals surface area (Å²) in [6.45, 7) is 1.86. The molecule has 14 heavy (non-hydrogen) atoms. The van der Waals surface area contributed by atoms with Crippen LogP contribution in [0.15, 0.2) is 0 Å². The van der Waals surface area contributed by atoms with Crippen LogP contribution in [0.3, 0.4) is 0 Å². The molecule has 1 heterocycles. The quantitative estimate of drug-likeness (QED) is 0.594. The van der Waals surface area contributed by atoms with Gasteiger partial charge in [0.2, 0.25) is 5.91 Å². The highest BCUT2D eigenvalue weighted by molar-refractivity contribution is 5.83. The molecular formula is C8H13NO5. The van der Waals surface area contributed by atoms with E-state index in [1.165, 1.54) is 4.90 Å². The Morgan fingerprint density at radius 3 is 2.43 bits per heavy atom. The van der Waals surface area contributed by atoms with Gasteiger partial charge in [-0.25, -0.2) is 4.79 Å². The number of ether oxygens (including phenoxy) is 1. The van der Waals surface area contributed by atoms with Crippen LogP contribution in [-0.2, 0) is 14.3 Å². The normalized spacial score (nSPS) is 19.1. The molecule has 2 N–H and O–H groups in total. The first-order valence-electron chi connectivity index (χ1n) is 4.37. The average Bonchev–Trinajstić information content (AvgIpc) is 2.19. The van der Waals surface area contributed by atoms with Gasteiger partial charge in [0.05, 0.1) is 19.6 Å². The molecule has 0 radical (unpaired) electrons. The standard InChI is InChI=1S/C8H13NO5/c10-6(8(12)13)5-7(11)9-1-3-14-4-2-9/h6,10H,1-5H2,(H,12,13). The Hall–Kier alpha value is -1.14. The minimum absolute atomic E-state index is 0.344. The second-order valence-electron chi connectivity index (χ2n) is 3.05. The van der Waals surface area contributed by atoms with Gasteiger partial charge in [0.1, 0.15) is 0 Å². The van der Waals surface area contributed by atoms with E-state index in [0.717, 1.165) is 0 Å². The van der Waals surface area contributed by atoms with Crippen molar-refractivity contribution in [2.24, 2.45) is 0 Å². The van der Waals surface area contributed by atoms with Crippen molar-refractivity contribution in [3.63, 3.8) is 0 Å². The summed E-state index contributed by atoms with van der Waals surface area (Å²) in [4.78, 5) is 23.1. The first kappa shape index (κ1) is 10.9. The highest BCUT2D eigenvalue weighted by Gasteiger charge is 2.23. The molecule has 0 aromatic carbocycles. The lowest BCUT2D eigenvalue weighted by molar-refractivity contribution is -0.152. The van der Waals surface area contributed by atoms with Crippen LogP contribution < -0.4 is 0 Å².